The fraction of sp³-hybridized carbons (Fsp3) is 0.231. The van der Waals surface area contributed by atoms with Crippen LogP contribution in [0, 0.1) is 0 Å². The second-order valence-electron chi connectivity index (χ2n) is 3.45. The van der Waals surface area contributed by atoms with Crippen molar-refractivity contribution in [3.8, 4) is 0 Å². The van der Waals surface area contributed by atoms with Crippen molar-refractivity contribution in [2.45, 2.75) is 13.8 Å². The molecule has 1 aromatic carbocycles. The Labute approximate surface area is 100 Å². The highest BCUT2D eigenvalue weighted by atomic mass is 16.5. The molecule has 1 aromatic rings. The molecule has 4 nitrogen and oxygen atoms in total. The molecule has 17 heavy (non-hydrogen) atoms. The maximum atomic E-state index is 11.8. The van der Waals surface area contributed by atoms with Crippen molar-refractivity contribution in [3.63, 3.8) is 0 Å². The molecule has 0 atom stereocenters. The van der Waals surface area contributed by atoms with Gasteiger partial charge in [-0.25, -0.2) is 4.79 Å². The number of hydrogen-bond acceptors (Lipinski definition) is 3. The number of primary amides is 1. The number of amides is 1. The molecule has 0 radical (unpaired) electrons. The third-order valence-corrected chi connectivity index (χ3v) is 2.29. The highest BCUT2D eigenvalue weighted by Crippen LogP contribution is 2.20. The lowest BCUT2D eigenvalue weighted by atomic mass is 10.0. The van der Waals surface area contributed by atoms with Crippen molar-refractivity contribution in [2.75, 3.05) is 6.61 Å². The number of esters is 1. The van der Waals surface area contributed by atoms with Gasteiger partial charge in [0.05, 0.1) is 12.2 Å². The summed E-state index contributed by atoms with van der Waals surface area (Å²) in [6.07, 6.45) is 0. The summed E-state index contributed by atoms with van der Waals surface area (Å²) < 4.78 is 4.93. The topological polar surface area (TPSA) is 69.4 Å². The molecule has 1 rings (SSSR count). The summed E-state index contributed by atoms with van der Waals surface area (Å²) in [7, 11) is 0. The zero-order chi connectivity index (χ0) is 12.8. The first kappa shape index (κ1) is 13.0. The molecule has 0 bridgehead atoms. The Bertz CT molecular complexity index is 449. The van der Waals surface area contributed by atoms with E-state index in [0.29, 0.717) is 5.56 Å². The predicted molar refractivity (Wildman–Crippen MR) is 64.9 cm³/mol. The van der Waals surface area contributed by atoms with Crippen molar-refractivity contribution in [1.82, 2.24) is 0 Å². The second kappa shape index (κ2) is 5.84. The molecular weight excluding hydrogens is 218 g/mol. The summed E-state index contributed by atoms with van der Waals surface area (Å²) in [6.45, 7) is 3.48. The highest BCUT2D eigenvalue weighted by Gasteiger charge is 2.18. The maximum absolute atomic E-state index is 11.8. The van der Waals surface area contributed by atoms with E-state index in [1.807, 2.05) is 6.07 Å². The van der Waals surface area contributed by atoms with E-state index >= 15 is 0 Å². The second-order valence-corrected chi connectivity index (χ2v) is 3.45. The first-order valence-electron chi connectivity index (χ1n) is 5.31. The number of ether oxygens (including phenoxy) is 1. The largest absolute Gasteiger partial charge is 0.462 e. The van der Waals surface area contributed by atoms with Gasteiger partial charge in [-0.1, -0.05) is 30.3 Å². The molecule has 0 aliphatic carbocycles. The third kappa shape index (κ3) is 3.17. The van der Waals surface area contributed by atoms with Crippen LogP contribution in [0.5, 0.6) is 0 Å². The monoisotopic (exact) mass is 233 g/mol. The molecular formula is C13H15NO3. The Balaban J connectivity index is 3.26. The molecule has 0 heterocycles. The van der Waals surface area contributed by atoms with E-state index in [0.717, 1.165) is 0 Å². The van der Waals surface area contributed by atoms with Crippen molar-refractivity contribution in [2.24, 2.45) is 5.73 Å². The number of rotatable bonds is 4. The molecule has 0 saturated carbocycles. The highest BCUT2D eigenvalue weighted by molar-refractivity contribution is 6.23. The van der Waals surface area contributed by atoms with Gasteiger partial charge in [0.15, 0.2) is 0 Å². The molecule has 1 amide bonds. The average molecular weight is 233 g/mol. The summed E-state index contributed by atoms with van der Waals surface area (Å²) in [5.74, 6) is -1.16. The molecule has 0 aliphatic rings. The smallest absolute Gasteiger partial charge is 0.339 e. The van der Waals surface area contributed by atoms with Crippen LogP contribution in [0.1, 0.15) is 19.4 Å². The van der Waals surface area contributed by atoms with Gasteiger partial charge in [-0.3, -0.25) is 4.79 Å². The molecule has 0 saturated heterocycles. The Morgan fingerprint density at radius 2 is 1.82 bits per heavy atom. The van der Waals surface area contributed by atoms with Gasteiger partial charge in [0.2, 0.25) is 5.91 Å². The predicted octanol–water partition coefficient (Wildman–Crippen LogP) is 1.51. The minimum Gasteiger partial charge on any atom is -0.462 e. The van der Waals surface area contributed by atoms with Crippen LogP contribution >= 0.6 is 0 Å². The maximum Gasteiger partial charge on any atom is 0.339 e. The fourth-order valence-corrected chi connectivity index (χ4v) is 1.42. The normalized spacial score (nSPS) is 11.6. The number of benzene rings is 1. The molecule has 0 unspecified atom stereocenters. The van der Waals surface area contributed by atoms with E-state index in [1.54, 1.807) is 31.2 Å². The number of nitrogens with two attached hydrogens (primary N) is 1. The summed E-state index contributed by atoms with van der Waals surface area (Å²) in [6, 6.07) is 8.86. The average Bonchev–Trinajstić information content (AvgIpc) is 2.31. The fourth-order valence-electron chi connectivity index (χ4n) is 1.42. The van der Waals surface area contributed by atoms with E-state index in [4.69, 9.17) is 10.5 Å². The standard InChI is InChI=1S/C13H15NO3/c1-3-17-13(16)11(9(2)12(14)15)10-7-5-4-6-8-10/h4-8H,3H2,1-2H3,(H2,14,15)/b11-9+. The minimum absolute atomic E-state index is 0.203. The van der Waals surface area contributed by atoms with Crippen LogP contribution in [0.2, 0.25) is 0 Å². The van der Waals surface area contributed by atoms with E-state index < -0.39 is 11.9 Å². The number of carbonyl (C=O) groups is 2. The summed E-state index contributed by atoms with van der Waals surface area (Å²) in [4.78, 5) is 23.0. The number of hydrogen-bond donors (Lipinski definition) is 1. The first-order valence-corrected chi connectivity index (χ1v) is 5.31. The Morgan fingerprint density at radius 1 is 1.24 bits per heavy atom. The van der Waals surface area contributed by atoms with Crippen LogP contribution in [0.25, 0.3) is 5.57 Å². The van der Waals surface area contributed by atoms with E-state index in [9.17, 15) is 9.59 Å². The SMILES string of the molecule is CCOC(=O)/C(=C(\C)C(N)=O)c1ccccc1. The van der Waals surface area contributed by atoms with Crippen molar-refractivity contribution >= 4 is 17.4 Å². The molecule has 0 aromatic heterocycles. The van der Waals surface area contributed by atoms with Gasteiger partial charge in [0.1, 0.15) is 0 Å². The lowest BCUT2D eigenvalue weighted by Crippen LogP contribution is -2.18. The molecule has 90 valence electrons. The minimum atomic E-state index is -0.628. The van der Waals surface area contributed by atoms with Gasteiger partial charge in [0, 0.05) is 5.57 Å². The molecule has 0 spiro atoms. The quantitative estimate of drug-likeness (QED) is 0.633. The van der Waals surface area contributed by atoms with Gasteiger partial charge in [-0.2, -0.15) is 0 Å². The van der Waals surface area contributed by atoms with Crippen LogP contribution in [0.4, 0.5) is 0 Å². The zero-order valence-corrected chi connectivity index (χ0v) is 9.90. The third-order valence-electron chi connectivity index (χ3n) is 2.29. The lowest BCUT2D eigenvalue weighted by Gasteiger charge is -2.09. The summed E-state index contributed by atoms with van der Waals surface area (Å²) >= 11 is 0. The van der Waals surface area contributed by atoms with E-state index in [-0.39, 0.29) is 17.8 Å². The van der Waals surface area contributed by atoms with Crippen LogP contribution in [-0.4, -0.2) is 18.5 Å². The van der Waals surface area contributed by atoms with Gasteiger partial charge in [-0.15, -0.1) is 0 Å². The van der Waals surface area contributed by atoms with Crippen LogP contribution in [0.3, 0.4) is 0 Å². The number of carbonyl (C=O) groups excluding carboxylic acids is 2. The molecule has 0 aliphatic heterocycles. The summed E-state index contributed by atoms with van der Waals surface area (Å²) in [5, 5.41) is 0. The van der Waals surface area contributed by atoms with E-state index in [1.165, 1.54) is 6.92 Å². The van der Waals surface area contributed by atoms with Crippen LogP contribution in [-0.2, 0) is 14.3 Å². The Hall–Kier alpha value is -2.10. The van der Waals surface area contributed by atoms with Gasteiger partial charge in [0.25, 0.3) is 0 Å². The van der Waals surface area contributed by atoms with Crippen LogP contribution < -0.4 is 5.73 Å². The van der Waals surface area contributed by atoms with Crippen molar-refractivity contribution in [3.05, 3.63) is 41.5 Å². The molecule has 0 fully saturated rings. The lowest BCUT2D eigenvalue weighted by molar-refractivity contribution is -0.136. The van der Waals surface area contributed by atoms with Gasteiger partial charge < -0.3 is 10.5 Å². The van der Waals surface area contributed by atoms with E-state index in [2.05, 4.69) is 0 Å². The zero-order valence-electron chi connectivity index (χ0n) is 9.90. The first-order chi connectivity index (χ1) is 8.07. The molecule has 4 heteroatoms. The van der Waals surface area contributed by atoms with Gasteiger partial charge >= 0.3 is 5.97 Å². The Kier molecular flexibility index (Phi) is 4.46. The Morgan fingerprint density at radius 3 is 2.29 bits per heavy atom. The van der Waals surface area contributed by atoms with Crippen molar-refractivity contribution in [1.29, 1.82) is 0 Å². The van der Waals surface area contributed by atoms with Crippen LogP contribution in [0.15, 0.2) is 35.9 Å². The summed E-state index contributed by atoms with van der Waals surface area (Å²) in [5.41, 5.74) is 6.26. The molecule has 2 N–H and O–H groups in total. The van der Waals surface area contributed by atoms with Gasteiger partial charge in [-0.05, 0) is 19.4 Å². The van der Waals surface area contributed by atoms with Crippen molar-refractivity contribution < 1.29 is 14.3 Å².